The molecule has 6 nitrogen and oxygen atoms in total. The zero-order valence-electron chi connectivity index (χ0n) is 9.38. The summed E-state index contributed by atoms with van der Waals surface area (Å²) in [5.74, 6) is 0.00967. The fourth-order valence-corrected chi connectivity index (χ4v) is 1.54. The molecule has 0 aliphatic rings. The molecule has 0 atom stereocenters. The van der Waals surface area contributed by atoms with Crippen LogP contribution in [0, 0.1) is 0 Å². The molecular formula is C11H9ClN2O4. The number of carboxylic acids is 1. The molecule has 0 saturated heterocycles. The molecule has 1 aromatic heterocycles. The Morgan fingerprint density at radius 2 is 2.33 bits per heavy atom. The average Bonchev–Trinajstić information content (AvgIpc) is 2.86. The standard InChI is InChI=1S/C11H9ClN2O4/c1-17-8-3-2-6(11(15)16)4-7(8)10-13-9(5-12)18-14-10/h2-4H,5H2,1H3,(H,15,16). The van der Waals surface area contributed by atoms with Gasteiger partial charge in [0.25, 0.3) is 0 Å². The van der Waals surface area contributed by atoms with Gasteiger partial charge >= 0.3 is 5.97 Å². The first-order valence-electron chi connectivity index (χ1n) is 4.96. The minimum absolute atomic E-state index is 0.0912. The van der Waals surface area contributed by atoms with Gasteiger partial charge in [-0.05, 0) is 18.2 Å². The molecule has 94 valence electrons. The Morgan fingerprint density at radius 3 is 2.89 bits per heavy atom. The fourth-order valence-electron chi connectivity index (χ4n) is 1.43. The maximum Gasteiger partial charge on any atom is 0.335 e. The van der Waals surface area contributed by atoms with Crippen LogP contribution in [0.4, 0.5) is 0 Å². The second-order valence-corrected chi connectivity index (χ2v) is 3.63. The number of carbonyl (C=O) groups is 1. The summed E-state index contributed by atoms with van der Waals surface area (Å²) in [5, 5.41) is 12.7. The summed E-state index contributed by atoms with van der Waals surface area (Å²) in [6, 6.07) is 4.40. The van der Waals surface area contributed by atoms with Crippen molar-refractivity contribution in [1.29, 1.82) is 0 Å². The highest BCUT2D eigenvalue weighted by molar-refractivity contribution is 6.16. The molecule has 1 N–H and O–H groups in total. The predicted octanol–water partition coefficient (Wildman–Crippen LogP) is 2.18. The monoisotopic (exact) mass is 268 g/mol. The number of nitrogens with zero attached hydrogens (tertiary/aromatic N) is 2. The van der Waals surface area contributed by atoms with Crippen LogP contribution in [0.15, 0.2) is 22.7 Å². The van der Waals surface area contributed by atoms with Crippen LogP contribution in [-0.2, 0) is 5.88 Å². The number of halogens is 1. The molecule has 7 heteroatoms. The molecule has 0 unspecified atom stereocenters. The van der Waals surface area contributed by atoms with Crippen molar-refractivity contribution in [1.82, 2.24) is 10.1 Å². The van der Waals surface area contributed by atoms with Crippen LogP contribution in [0.5, 0.6) is 5.75 Å². The Balaban J connectivity index is 2.52. The second kappa shape index (κ2) is 5.05. The average molecular weight is 269 g/mol. The molecule has 0 spiro atoms. The SMILES string of the molecule is COc1ccc(C(=O)O)cc1-c1noc(CCl)n1. The molecule has 0 radical (unpaired) electrons. The smallest absolute Gasteiger partial charge is 0.335 e. The normalized spacial score (nSPS) is 10.3. The lowest BCUT2D eigenvalue weighted by Crippen LogP contribution is -1.98. The van der Waals surface area contributed by atoms with E-state index >= 15 is 0 Å². The maximum atomic E-state index is 10.9. The zero-order chi connectivity index (χ0) is 13.1. The number of hydrogen-bond acceptors (Lipinski definition) is 5. The Morgan fingerprint density at radius 1 is 1.56 bits per heavy atom. The summed E-state index contributed by atoms with van der Waals surface area (Å²) < 4.78 is 10.0. The molecule has 0 bridgehead atoms. The number of aromatic nitrogens is 2. The third-order valence-electron chi connectivity index (χ3n) is 2.27. The quantitative estimate of drug-likeness (QED) is 0.856. The van der Waals surface area contributed by atoms with Gasteiger partial charge in [0.1, 0.15) is 11.6 Å². The summed E-state index contributed by atoms with van der Waals surface area (Å²) in [6.07, 6.45) is 0. The summed E-state index contributed by atoms with van der Waals surface area (Å²) >= 11 is 5.56. The number of methoxy groups -OCH3 is 1. The molecule has 0 aliphatic heterocycles. The van der Waals surface area contributed by atoms with Gasteiger partial charge in [-0.15, -0.1) is 11.6 Å². The highest BCUT2D eigenvalue weighted by Crippen LogP contribution is 2.29. The number of rotatable bonds is 4. The van der Waals surface area contributed by atoms with Crippen LogP contribution in [-0.4, -0.2) is 28.3 Å². The molecule has 18 heavy (non-hydrogen) atoms. The Kier molecular flexibility index (Phi) is 3.47. The van der Waals surface area contributed by atoms with Crippen LogP contribution >= 0.6 is 11.6 Å². The van der Waals surface area contributed by atoms with Crippen LogP contribution < -0.4 is 4.74 Å². The highest BCUT2D eigenvalue weighted by Gasteiger charge is 2.15. The molecule has 0 saturated carbocycles. The topological polar surface area (TPSA) is 85.5 Å². The first-order chi connectivity index (χ1) is 8.65. The van der Waals surface area contributed by atoms with Crippen molar-refractivity contribution < 1.29 is 19.2 Å². The molecule has 0 amide bonds. The minimum Gasteiger partial charge on any atom is -0.496 e. The van der Waals surface area contributed by atoms with Gasteiger partial charge < -0.3 is 14.4 Å². The summed E-state index contributed by atoms with van der Waals surface area (Å²) in [6.45, 7) is 0. The summed E-state index contributed by atoms with van der Waals surface area (Å²) in [7, 11) is 1.47. The molecule has 0 aliphatic carbocycles. The van der Waals surface area contributed by atoms with Crippen molar-refractivity contribution in [3.05, 3.63) is 29.7 Å². The third kappa shape index (κ3) is 2.28. The molecule has 2 rings (SSSR count). The lowest BCUT2D eigenvalue weighted by molar-refractivity contribution is 0.0697. The van der Waals surface area contributed by atoms with Crippen LogP contribution in [0.2, 0.25) is 0 Å². The number of aromatic carboxylic acids is 1. The molecule has 1 aromatic carbocycles. The van der Waals surface area contributed by atoms with Crippen molar-refractivity contribution in [2.45, 2.75) is 5.88 Å². The number of benzene rings is 1. The van der Waals surface area contributed by atoms with E-state index in [2.05, 4.69) is 10.1 Å². The Bertz CT molecular complexity index is 582. The van der Waals surface area contributed by atoms with Gasteiger partial charge in [-0.1, -0.05) is 5.16 Å². The van der Waals surface area contributed by atoms with Crippen molar-refractivity contribution in [3.8, 4) is 17.1 Å². The van der Waals surface area contributed by atoms with Crippen molar-refractivity contribution >= 4 is 17.6 Å². The Labute approximate surface area is 107 Å². The molecular weight excluding hydrogens is 260 g/mol. The number of hydrogen-bond donors (Lipinski definition) is 1. The lowest BCUT2D eigenvalue weighted by Gasteiger charge is -2.05. The van der Waals surface area contributed by atoms with Gasteiger partial charge in [0.05, 0.1) is 18.2 Å². The van der Waals surface area contributed by atoms with E-state index in [1.54, 1.807) is 0 Å². The Hall–Kier alpha value is -2.08. The van der Waals surface area contributed by atoms with Crippen LogP contribution in [0.3, 0.4) is 0 Å². The van der Waals surface area contributed by atoms with E-state index in [-0.39, 0.29) is 23.2 Å². The fraction of sp³-hybridized carbons (Fsp3) is 0.182. The largest absolute Gasteiger partial charge is 0.496 e. The van der Waals surface area contributed by atoms with Crippen LogP contribution in [0.1, 0.15) is 16.2 Å². The first-order valence-corrected chi connectivity index (χ1v) is 5.49. The van der Waals surface area contributed by atoms with E-state index in [1.807, 2.05) is 0 Å². The van der Waals surface area contributed by atoms with Crippen molar-refractivity contribution in [2.75, 3.05) is 7.11 Å². The van der Waals surface area contributed by atoms with E-state index in [1.165, 1.54) is 25.3 Å². The minimum atomic E-state index is -1.04. The van der Waals surface area contributed by atoms with E-state index in [0.29, 0.717) is 11.3 Å². The maximum absolute atomic E-state index is 10.9. The van der Waals surface area contributed by atoms with Gasteiger partial charge in [0, 0.05) is 0 Å². The lowest BCUT2D eigenvalue weighted by atomic mass is 10.1. The number of carboxylic acid groups (broad SMARTS) is 1. The number of ether oxygens (including phenoxy) is 1. The van der Waals surface area contributed by atoms with E-state index in [0.717, 1.165) is 0 Å². The van der Waals surface area contributed by atoms with Gasteiger partial charge in [0.15, 0.2) is 0 Å². The molecule has 0 fully saturated rings. The molecule has 1 heterocycles. The molecule has 2 aromatic rings. The van der Waals surface area contributed by atoms with Crippen LogP contribution in [0.25, 0.3) is 11.4 Å². The van der Waals surface area contributed by atoms with Gasteiger partial charge in [-0.25, -0.2) is 4.79 Å². The van der Waals surface area contributed by atoms with E-state index in [4.69, 9.17) is 26.0 Å². The van der Waals surface area contributed by atoms with E-state index in [9.17, 15) is 4.79 Å². The van der Waals surface area contributed by atoms with Gasteiger partial charge in [-0.2, -0.15) is 4.98 Å². The van der Waals surface area contributed by atoms with Gasteiger partial charge in [-0.3, -0.25) is 0 Å². The predicted molar refractivity (Wildman–Crippen MR) is 62.8 cm³/mol. The van der Waals surface area contributed by atoms with E-state index < -0.39 is 5.97 Å². The number of alkyl halides is 1. The zero-order valence-corrected chi connectivity index (χ0v) is 10.1. The van der Waals surface area contributed by atoms with Crippen molar-refractivity contribution in [2.24, 2.45) is 0 Å². The van der Waals surface area contributed by atoms with Gasteiger partial charge in [0.2, 0.25) is 11.7 Å². The third-order valence-corrected chi connectivity index (χ3v) is 2.50. The summed E-state index contributed by atoms with van der Waals surface area (Å²) in [5.41, 5.74) is 0.556. The first kappa shape index (κ1) is 12.4. The summed E-state index contributed by atoms with van der Waals surface area (Å²) in [4.78, 5) is 14.9. The highest BCUT2D eigenvalue weighted by atomic mass is 35.5. The second-order valence-electron chi connectivity index (χ2n) is 3.37. The van der Waals surface area contributed by atoms with Crippen molar-refractivity contribution in [3.63, 3.8) is 0 Å².